The summed E-state index contributed by atoms with van der Waals surface area (Å²) >= 11 is 1.65. The van der Waals surface area contributed by atoms with Crippen molar-refractivity contribution >= 4 is 23.2 Å². The highest BCUT2D eigenvalue weighted by atomic mass is 32.1. The van der Waals surface area contributed by atoms with Gasteiger partial charge in [-0.1, -0.05) is 6.07 Å². The summed E-state index contributed by atoms with van der Waals surface area (Å²) in [4.78, 5) is 34.6. The molecule has 2 N–H and O–H groups in total. The Hall–Kier alpha value is -2.15. The van der Waals surface area contributed by atoms with Crippen LogP contribution < -0.4 is 5.32 Å². The molecule has 0 radical (unpaired) electrons. The van der Waals surface area contributed by atoms with E-state index in [4.69, 9.17) is 0 Å². The van der Waals surface area contributed by atoms with Crippen LogP contribution in [0.25, 0.3) is 10.6 Å². The Bertz CT molecular complexity index is 708. The minimum atomic E-state index is -0.238. The maximum absolute atomic E-state index is 12.3. The van der Waals surface area contributed by atoms with E-state index >= 15 is 0 Å². The number of aromatic nitrogens is 2. The number of nitrogens with one attached hydrogen (secondary N) is 2. The number of hydrogen-bond donors (Lipinski definition) is 2. The van der Waals surface area contributed by atoms with E-state index in [1.54, 1.807) is 22.6 Å². The Kier molecular flexibility index (Phi) is 4.99. The molecular formula is C17H22N4O2S. The van der Waals surface area contributed by atoms with Crippen LogP contribution in [0.15, 0.2) is 23.8 Å². The zero-order valence-electron chi connectivity index (χ0n) is 13.9. The van der Waals surface area contributed by atoms with Gasteiger partial charge in [-0.15, -0.1) is 11.3 Å². The second-order valence-electron chi connectivity index (χ2n) is 6.29. The molecule has 2 aromatic heterocycles. The van der Waals surface area contributed by atoms with Crippen LogP contribution >= 0.6 is 11.3 Å². The van der Waals surface area contributed by atoms with Gasteiger partial charge in [-0.3, -0.25) is 9.59 Å². The van der Waals surface area contributed by atoms with Crippen LogP contribution in [-0.4, -0.2) is 45.8 Å². The Labute approximate surface area is 145 Å². The van der Waals surface area contributed by atoms with E-state index in [0.717, 1.165) is 16.3 Å². The number of imidazole rings is 1. The number of nitrogens with zero attached hydrogens (tertiary/aromatic N) is 2. The summed E-state index contributed by atoms with van der Waals surface area (Å²) < 4.78 is 0. The minimum absolute atomic E-state index is 0.0383. The van der Waals surface area contributed by atoms with Gasteiger partial charge in [0.25, 0.3) is 0 Å². The molecule has 1 unspecified atom stereocenters. The molecule has 24 heavy (non-hydrogen) atoms. The van der Waals surface area contributed by atoms with Crippen molar-refractivity contribution in [2.75, 3.05) is 13.1 Å². The van der Waals surface area contributed by atoms with Gasteiger partial charge >= 0.3 is 0 Å². The first-order valence-corrected chi connectivity index (χ1v) is 9.07. The molecule has 0 aromatic carbocycles. The third kappa shape index (κ3) is 3.51. The van der Waals surface area contributed by atoms with E-state index in [1.807, 2.05) is 31.4 Å². The lowest BCUT2D eigenvalue weighted by molar-refractivity contribution is -0.129. The predicted molar refractivity (Wildman–Crippen MR) is 93.6 cm³/mol. The van der Waals surface area contributed by atoms with E-state index < -0.39 is 0 Å². The summed E-state index contributed by atoms with van der Waals surface area (Å²) in [7, 11) is 0. The van der Waals surface area contributed by atoms with E-state index in [9.17, 15) is 9.59 Å². The molecular weight excluding hydrogens is 324 g/mol. The predicted octanol–water partition coefficient (Wildman–Crippen LogP) is 2.05. The quantitative estimate of drug-likeness (QED) is 0.840. The van der Waals surface area contributed by atoms with Gasteiger partial charge < -0.3 is 15.2 Å². The zero-order chi connectivity index (χ0) is 17.1. The van der Waals surface area contributed by atoms with Gasteiger partial charge in [-0.2, -0.15) is 0 Å². The molecule has 2 amide bonds. The first-order valence-electron chi connectivity index (χ1n) is 8.19. The molecule has 1 aliphatic rings. The highest BCUT2D eigenvalue weighted by Crippen LogP contribution is 2.25. The van der Waals surface area contributed by atoms with Crippen LogP contribution in [0.5, 0.6) is 0 Å². The summed E-state index contributed by atoms with van der Waals surface area (Å²) in [5.74, 6) is -0.208. The number of H-pyrrole nitrogens is 1. The lowest BCUT2D eigenvalue weighted by Gasteiger charge is -2.20. The lowest BCUT2D eigenvalue weighted by atomic mass is 10.1. The summed E-state index contributed by atoms with van der Waals surface area (Å²) in [6, 6.07) is 4.18. The summed E-state index contributed by atoms with van der Waals surface area (Å²) in [6.07, 6.45) is 2.68. The average Bonchev–Trinajstić information content (AvgIpc) is 3.26. The van der Waals surface area contributed by atoms with E-state index in [0.29, 0.717) is 25.9 Å². The molecule has 0 saturated carbocycles. The van der Waals surface area contributed by atoms with Crippen molar-refractivity contribution < 1.29 is 9.59 Å². The molecule has 1 aliphatic heterocycles. The monoisotopic (exact) mass is 346 g/mol. The number of carbonyl (C=O) groups excluding carboxylic acids is 2. The van der Waals surface area contributed by atoms with Crippen molar-refractivity contribution in [1.29, 1.82) is 0 Å². The van der Waals surface area contributed by atoms with E-state index in [-0.39, 0.29) is 23.8 Å². The van der Waals surface area contributed by atoms with Gasteiger partial charge in [0.2, 0.25) is 11.8 Å². The first kappa shape index (κ1) is 16.7. The van der Waals surface area contributed by atoms with Crippen molar-refractivity contribution in [3.8, 4) is 10.6 Å². The van der Waals surface area contributed by atoms with Crippen LogP contribution in [0, 0.1) is 5.92 Å². The number of carbonyl (C=O) groups is 2. The third-order valence-electron chi connectivity index (χ3n) is 4.30. The number of amides is 2. The fourth-order valence-electron chi connectivity index (χ4n) is 3.00. The molecule has 3 rings (SSSR count). The Morgan fingerprint density at radius 1 is 1.54 bits per heavy atom. The molecule has 2 aromatic rings. The van der Waals surface area contributed by atoms with Gasteiger partial charge in [0.15, 0.2) is 0 Å². The molecule has 1 saturated heterocycles. The van der Waals surface area contributed by atoms with Gasteiger partial charge in [-0.25, -0.2) is 4.98 Å². The number of thiophene rings is 1. The fraction of sp³-hybridized carbons (Fsp3) is 0.471. The third-order valence-corrected chi connectivity index (χ3v) is 5.18. The normalized spacial score (nSPS) is 17.7. The highest BCUT2D eigenvalue weighted by molar-refractivity contribution is 7.13. The Morgan fingerprint density at radius 2 is 2.38 bits per heavy atom. The molecule has 0 spiro atoms. The molecule has 3 heterocycles. The zero-order valence-corrected chi connectivity index (χ0v) is 14.7. The van der Waals surface area contributed by atoms with E-state index in [1.165, 1.54) is 0 Å². The second-order valence-corrected chi connectivity index (χ2v) is 7.24. The molecule has 128 valence electrons. The van der Waals surface area contributed by atoms with Crippen LogP contribution in [0.3, 0.4) is 0 Å². The van der Waals surface area contributed by atoms with Crippen LogP contribution in [0.4, 0.5) is 0 Å². The van der Waals surface area contributed by atoms with Crippen molar-refractivity contribution in [2.24, 2.45) is 5.92 Å². The lowest BCUT2D eigenvalue weighted by Crippen LogP contribution is -2.36. The maximum Gasteiger partial charge on any atom is 0.225 e. The summed E-state index contributed by atoms with van der Waals surface area (Å²) in [5.41, 5.74) is 1.96. The van der Waals surface area contributed by atoms with Crippen molar-refractivity contribution in [3.63, 3.8) is 0 Å². The standard InChI is InChI=1S/C17H22N4O2S/c1-11(2)21-9-12(8-15(21)22)17(23)18-6-5-13-16(20-10-19-13)14-4-3-7-24-14/h3-4,7,10-12H,5-6,8-9H2,1-2H3,(H,18,23)(H,19,20). The van der Waals surface area contributed by atoms with Gasteiger partial charge in [0.05, 0.1) is 17.1 Å². The molecule has 0 aliphatic carbocycles. The molecule has 1 atom stereocenters. The Morgan fingerprint density at radius 3 is 3.04 bits per heavy atom. The van der Waals surface area contributed by atoms with Crippen LogP contribution in [0.1, 0.15) is 26.0 Å². The average molecular weight is 346 g/mol. The van der Waals surface area contributed by atoms with Crippen molar-refractivity contribution in [1.82, 2.24) is 20.2 Å². The molecule has 1 fully saturated rings. The van der Waals surface area contributed by atoms with Crippen molar-refractivity contribution in [3.05, 3.63) is 29.5 Å². The smallest absolute Gasteiger partial charge is 0.225 e. The molecule has 7 heteroatoms. The largest absolute Gasteiger partial charge is 0.355 e. The second kappa shape index (κ2) is 7.17. The molecule has 0 bridgehead atoms. The number of aromatic amines is 1. The van der Waals surface area contributed by atoms with Crippen molar-refractivity contribution in [2.45, 2.75) is 32.7 Å². The fourth-order valence-corrected chi connectivity index (χ4v) is 3.75. The van der Waals surface area contributed by atoms with Crippen LogP contribution in [-0.2, 0) is 16.0 Å². The van der Waals surface area contributed by atoms with Gasteiger partial charge in [-0.05, 0) is 25.3 Å². The number of hydrogen-bond acceptors (Lipinski definition) is 4. The van der Waals surface area contributed by atoms with Crippen LogP contribution in [0.2, 0.25) is 0 Å². The minimum Gasteiger partial charge on any atom is -0.355 e. The SMILES string of the molecule is CC(C)N1CC(C(=O)NCCc2[nH]cnc2-c2cccs2)CC1=O. The van der Waals surface area contributed by atoms with Gasteiger partial charge in [0, 0.05) is 37.7 Å². The number of rotatable bonds is 6. The topological polar surface area (TPSA) is 78.1 Å². The highest BCUT2D eigenvalue weighted by Gasteiger charge is 2.35. The maximum atomic E-state index is 12.3. The number of likely N-dealkylation sites (tertiary alicyclic amines) is 1. The van der Waals surface area contributed by atoms with E-state index in [2.05, 4.69) is 15.3 Å². The van der Waals surface area contributed by atoms with Gasteiger partial charge in [0.1, 0.15) is 5.69 Å². The molecule has 6 nitrogen and oxygen atoms in total. The Balaban J connectivity index is 1.52. The summed E-state index contributed by atoms with van der Waals surface area (Å²) in [5, 5.41) is 4.97. The first-order chi connectivity index (χ1) is 11.6. The summed E-state index contributed by atoms with van der Waals surface area (Å²) in [6.45, 7) is 5.00.